The Balaban J connectivity index is 1.40. The van der Waals surface area contributed by atoms with Gasteiger partial charge in [-0.2, -0.15) is 24.9 Å². The summed E-state index contributed by atoms with van der Waals surface area (Å²) in [6.07, 6.45) is 3.50. The van der Waals surface area contributed by atoms with Crippen LogP contribution in [0, 0.1) is 5.92 Å². The third-order valence-corrected chi connectivity index (χ3v) is 8.13. The van der Waals surface area contributed by atoms with Gasteiger partial charge in [-0.1, -0.05) is 12.8 Å². The first-order valence-corrected chi connectivity index (χ1v) is 11.9. The molecule has 0 aromatic heterocycles. The number of nitrogens with one attached hydrogen (secondary N) is 3. The van der Waals surface area contributed by atoms with Crippen LogP contribution in [0.4, 0.5) is 18.0 Å². The number of hydrogen-bond donors (Lipinski definition) is 3. The molecule has 3 N–H and O–H groups in total. The minimum atomic E-state index is -4.19. The van der Waals surface area contributed by atoms with Gasteiger partial charge in [-0.15, -0.1) is 11.6 Å². The van der Waals surface area contributed by atoms with Gasteiger partial charge in [0.2, 0.25) is 0 Å². The van der Waals surface area contributed by atoms with Crippen LogP contribution in [0.1, 0.15) is 57.8 Å². The number of carbonyl (C=O) groups is 1. The van der Waals surface area contributed by atoms with Crippen molar-refractivity contribution in [2.45, 2.75) is 92.7 Å². The summed E-state index contributed by atoms with van der Waals surface area (Å²) in [6.45, 7) is 0.472. The Hall–Kier alpha value is -0.340. The van der Waals surface area contributed by atoms with Crippen LogP contribution in [-0.2, 0) is 0 Å². The molecule has 3 rings (SSSR count). The zero-order valence-electron chi connectivity index (χ0n) is 16.1. The summed E-state index contributed by atoms with van der Waals surface area (Å²) in [7, 11) is 0. The van der Waals surface area contributed by atoms with Gasteiger partial charge < -0.3 is 16.0 Å². The number of halogens is 4. The molecule has 0 aromatic rings. The summed E-state index contributed by atoms with van der Waals surface area (Å²) in [4.78, 5) is 12.0. The number of alkyl halides is 4. The molecule has 2 amide bonds. The smallest absolute Gasteiger partial charge is 0.337 e. The molecule has 0 bridgehead atoms. The van der Waals surface area contributed by atoms with Crippen LogP contribution in [0.3, 0.4) is 0 Å². The number of carbonyl (C=O) groups excluding carboxylic acids is 1. The quantitative estimate of drug-likeness (QED) is 0.437. The molecule has 0 aromatic carbocycles. The van der Waals surface area contributed by atoms with Crippen LogP contribution in [0.5, 0.6) is 0 Å². The normalized spacial score (nSPS) is 36.4. The van der Waals surface area contributed by atoms with E-state index in [0.29, 0.717) is 18.2 Å². The van der Waals surface area contributed by atoms with Crippen molar-refractivity contribution in [1.29, 1.82) is 0 Å². The van der Waals surface area contributed by atoms with Crippen molar-refractivity contribution in [1.82, 2.24) is 16.0 Å². The Bertz CT molecular complexity index is 517. The van der Waals surface area contributed by atoms with Crippen LogP contribution >= 0.6 is 23.4 Å². The highest BCUT2D eigenvalue weighted by atomic mass is 35.5. The maximum atomic E-state index is 13.3. The number of fused-ring (bicyclic) bond motifs is 1. The first kappa shape index (κ1) is 22.3. The van der Waals surface area contributed by atoms with Crippen molar-refractivity contribution < 1.29 is 18.0 Å². The molecule has 4 nitrogen and oxygen atoms in total. The first-order chi connectivity index (χ1) is 13.3. The number of urea groups is 1. The molecule has 9 heteroatoms. The molecule has 3 fully saturated rings. The molecule has 2 saturated carbocycles. The van der Waals surface area contributed by atoms with Crippen LogP contribution in [-0.4, -0.2) is 53.3 Å². The summed E-state index contributed by atoms with van der Waals surface area (Å²) < 4.78 is 39.8. The average molecular weight is 442 g/mol. The predicted molar refractivity (Wildman–Crippen MR) is 108 cm³/mol. The highest BCUT2D eigenvalue weighted by molar-refractivity contribution is 7.99. The third-order valence-electron chi connectivity index (χ3n) is 6.29. The Kier molecular flexibility index (Phi) is 8.07. The predicted octanol–water partition coefficient (Wildman–Crippen LogP) is 4.42. The Morgan fingerprint density at radius 1 is 1.11 bits per heavy atom. The minimum Gasteiger partial charge on any atom is -0.337 e. The molecule has 1 saturated heterocycles. The summed E-state index contributed by atoms with van der Waals surface area (Å²) in [5.41, 5.74) is 0. The van der Waals surface area contributed by atoms with Gasteiger partial charge in [0.15, 0.2) is 0 Å². The van der Waals surface area contributed by atoms with E-state index in [2.05, 4.69) is 16.0 Å². The van der Waals surface area contributed by atoms with Gasteiger partial charge in [0.05, 0.1) is 0 Å². The van der Waals surface area contributed by atoms with Gasteiger partial charge in [0.1, 0.15) is 6.04 Å². The van der Waals surface area contributed by atoms with E-state index in [0.717, 1.165) is 51.4 Å². The Labute approximate surface area is 174 Å². The van der Waals surface area contributed by atoms with Crippen molar-refractivity contribution in [2.75, 3.05) is 12.3 Å². The number of piperidine rings is 1. The second-order valence-corrected chi connectivity index (χ2v) is 10.3. The summed E-state index contributed by atoms with van der Waals surface area (Å²) in [5.74, 6) is 0.942. The third kappa shape index (κ3) is 6.33. The SMILES string of the molecule is O=C(NCCSC1CC(C(F)(F)F)NC2CCCCC21)NC1CCC(Cl)CC1. The van der Waals surface area contributed by atoms with Gasteiger partial charge in [-0.3, -0.25) is 0 Å². The largest absolute Gasteiger partial charge is 0.403 e. The van der Waals surface area contributed by atoms with Crippen LogP contribution < -0.4 is 16.0 Å². The van der Waals surface area contributed by atoms with E-state index in [9.17, 15) is 18.0 Å². The minimum absolute atomic E-state index is 0.00188. The fourth-order valence-electron chi connectivity index (χ4n) is 4.77. The standard InChI is InChI=1S/C19H31ClF3N3OS/c20-12-5-7-13(8-6-12)25-18(27)24-9-10-28-16-11-17(19(21,22)23)26-15-4-2-1-3-14(15)16/h12-17,26H,1-11H2,(H2,24,25,27). The molecule has 162 valence electrons. The zero-order valence-corrected chi connectivity index (χ0v) is 17.6. The fraction of sp³-hybridized carbons (Fsp3) is 0.947. The van der Waals surface area contributed by atoms with Crippen molar-refractivity contribution in [3.05, 3.63) is 0 Å². The second kappa shape index (κ2) is 10.1. The Morgan fingerprint density at radius 3 is 2.54 bits per heavy atom. The second-order valence-electron chi connectivity index (χ2n) is 8.31. The van der Waals surface area contributed by atoms with Gasteiger partial charge in [0.25, 0.3) is 0 Å². The monoisotopic (exact) mass is 441 g/mol. The average Bonchev–Trinajstić information content (AvgIpc) is 2.66. The van der Waals surface area contributed by atoms with E-state index in [4.69, 9.17) is 11.6 Å². The van der Waals surface area contributed by atoms with Crippen molar-refractivity contribution >= 4 is 29.4 Å². The van der Waals surface area contributed by atoms with Gasteiger partial charge >= 0.3 is 12.2 Å². The van der Waals surface area contributed by atoms with Crippen molar-refractivity contribution in [2.24, 2.45) is 5.92 Å². The number of hydrogen-bond acceptors (Lipinski definition) is 3. The van der Waals surface area contributed by atoms with Gasteiger partial charge in [-0.05, 0) is 50.9 Å². The summed E-state index contributed by atoms with van der Waals surface area (Å²) in [5, 5.41) is 8.90. The fourth-order valence-corrected chi connectivity index (χ4v) is 6.45. The molecule has 3 aliphatic rings. The molecule has 1 heterocycles. The lowest BCUT2D eigenvalue weighted by Crippen LogP contribution is -2.58. The lowest BCUT2D eigenvalue weighted by atomic mass is 9.77. The molecule has 1 aliphatic heterocycles. The van der Waals surface area contributed by atoms with E-state index in [-0.39, 0.29) is 35.2 Å². The van der Waals surface area contributed by atoms with Crippen LogP contribution in [0.15, 0.2) is 0 Å². The molecular weight excluding hydrogens is 411 g/mol. The molecule has 4 unspecified atom stereocenters. The van der Waals surface area contributed by atoms with Gasteiger partial charge in [0, 0.05) is 35.0 Å². The maximum Gasteiger partial charge on any atom is 0.403 e. The number of thioether (sulfide) groups is 1. The lowest BCUT2D eigenvalue weighted by molar-refractivity contribution is -0.166. The highest BCUT2D eigenvalue weighted by Gasteiger charge is 2.48. The highest BCUT2D eigenvalue weighted by Crippen LogP contribution is 2.41. The number of amides is 2. The molecule has 0 spiro atoms. The van der Waals surface area contributed by atoms with Crippen molar-refractivity contribution in [3.8, 4) is 0 Å². The molecule has 0 radical (unpaired) electrons. The lowest BCUT2D eigenvalue weighted by Gasteiger charge is -2.45. The number of rotatable bonds is 5. The summed E-state index contributed by atoms with van der Waals surface area (Å²) >= 11 is 7.67. The molecule has 28 heavy (non-hydrogen) atoms. The molecule has 4 atom stereocenters. The maximum absolute atomic E-state index is 13.3. The topological polar surface area (TPSA) is 53.2 Å². The Morgan fingerprint density at radius 2 is 1.82 bits per heavy atom. The zero-order chi connectivity index (χ0) is 20.1. The van der Waals surface area contributed by atoms with Crippen LogP contribution in [0.2, 0.25) is 0 Å². The summed E-state index contributed by atoms with van der Waals surface area (Å²) in [6, 6.07) is -1.45. The van der Waals surface area contributed by atoms with E-state index in [1.807, 2.05) is 0 Å². The van der Waals surface area contributed by atoms with Gasteiger partial charge in [-0.25, -0.2) is 4.79 Å². The van der Waals surface area contributed by atoms with E-state index in [1.54, 1.807) is 11.8 Å². The molecular formula is C19H31ClF3N3OS. The van der Waals surface area contributed by atoms with E-state index >= 15 is 0 Å². The van der Waals surface area contributed by atoms with E-state index in [1.165, 1.54) is 0 Å². The first-order valence-electron chi connectivity index (χ1n) is 10.5. The molecule has 2 aliphatic carbocycles. The van der Waals surface area contributed by atoms with Crippen LogP contribution in [0.25, 0.3) is 0 Å². The van der Waals surface area contributed by atoms with E-state index < -0.39 is 12.2 Å². The van der Waals surface area contributed by atoms with Crippen molar-refractivity contribution in [3.63, 3.8) is 0 Å².